The molecule has 0 radical (unpaired) electrons. The van der Waals surface area contributed by atoms with Crippen LogP contribution in [0, 0.1) is 5.92 Å². The van der Waals surface area contributed by atoms with E-state index in [-0.39, 0.29) is 48.7 Å². The van der Waals surface area contributed by atoms with Gasteiger partial charge in [0.1, 0.15) is 5.75 Å². The number of rotatable bonds is 6. The van der Waals surface area contributed by atoms with E-state index in [1.165, 1.54) is 12.8 Å². The fourth-order valence-corrected chi connectivity index (χ4v) is 4.03. The van der Waals surface area contributed by atoms with Crippen LogP contribution in [-0.4, -0.2) is 43.6 Å². The van der Waals surface area contributed by atoms with Gasteiger partial charge in [0.25, 0.3) is 0 Å². The molecule has 5 nitrogen and oxygen atoms in total. The Bertz CT molecular complexity index is 567. The molecule has 1 heterocycles. The molecule has 26 heavy (non-hydrogen) atoms. The Hall–Kier alpha value is -1.01. The van der Waals surface area contributed by atoms with Crippen molar-refractivity contribution in [1.82, 2.24) is 10.2 Å². The van der Waals surface area contributed by atoms with Crippen LogP contribution in [0.4, 0.5) is 0 Å². The predicted molar refractivity (Wildman–Crippen MR) is 109 cm³/mol. The predicted octanol–water partition coefficient (Wildman–Crippen LogP) is 2.92. The molecule has 1 saturated heterocycles. The van der Waals surface area contributed by atoms with E-state index in [2.05, 4.69) is 16.3 Å². The Kier molecular flexibility index (Phi) is 9.72. The molecule has 148 valence electrons. The number of carbonyl (C=O) groups excluding carboxylic acids is 1. The number of likely N-dealkylation sites (tertiary alicyclic amines) is 1. The molecule has 3 atom stereocenters. The molecule has 0 bridgehead atoms. The van der Waals surface area contributed by atoms with Crippen LogP contribution in [0.25, 0.3) is 0 Å². The van der Waals surface area contributed by atoms with E-state index in [1.54, 1.807) is 7.11 Å². The third-order valence-electron chi connectivity index (χ3n) is 5.39. The van der Waals surface area contributed by atoms with Gasteiger partial charge in [-0.25, -0.2) is 0 Å². The first-order valence-corrected chi connectivity index (χ1v) is 9.09. The highest BCUT2D eigenvalue weighted by Crippen LogP contribution is 2.31. The Morgan fingerprint density at radius 2 is 1.96 bits per heavy atom. The van der Waals surface area contributed by atoms with Crippen LogP contribution in [0.1, 0.15) is 43.7 Å². The van der Waals surface area contributed by atoms with Gasteiger partial charge in [0.15, 0.2) is 0 Å². The number of hydrogen-bond donors (Lipinski definition) is 2. The van der Waals surface area contributed by atoms with Gasteiger partial charge in [-0.2, -0.15) is 0 Å². The number of hydrogen-bond acceptors (Lipinski definition) is 4. The summed E-state index contributed by atoms with van der Waals surface area (Å²) < 4.78 is 5.55. The molecular formula is C19H31Cl2N3O2. The molecule has 1 amide bonds. The van der Waals surface area contributed by atoms with Crippen molar-refractivity contribution in [3.8, 4) is 5.75 Å². The molecule has 7 heteroatoms. The van der Waals surface area contributed by atoms with Crippen molar-refractivity contribution in [3.63, 3.8) is 0 Å². The summed E-state index contributed by atoms with van der Waals surface area (Å²) >= 11 is 0. The summed E-state index contributed by atoms with van der Waals surface area (Å²) in [5.41, 5.74) is 7.10. The van der Waals surface area contributed by atoms with Crippen molar-refractivity contribution in [3.05, 3.63) is 29.8 Å². The Labute approximate surface area is 168 Å². The molecule has 3 N–H and O–H groups in total. The first-order chi connectivity index (χ1) is 11.7. The number of halogens is 2. The van der Waals surface area contributed by atoms with Gasteiger partial charge in [0.2, 0.25) is 5.91 Å². The molecule has 0 aromatic heterocycles. The van der Waals surface area contributed by atoms with Crippen molar-refractivity contribution in [2.24, 2.45) is 11.7 Å². The van der Waals surface area contributed by atoms with E-state index in [1.807, 2.05) is 18.2 Å². The van der Waals surface area contributed by atoms with Gasteiger partial charge in [-0.15, -0.1) is 24.8 Å². The quantitative estimate of drug-likeness (QED) is 0.765. The van der Waals surface area contributed by atoms with E-state index in [0.29, 0.717) is 6.54 Å². The zero-order chi connectivity index (χ0) is 16.9. The zero-order valence-electron chi connectivity index (χ0n) is 15.4. The fourth-order valence-electron chi connectivity index (χ4n) is 4.03. The summed E-state index contributed by atoms with van der Waals surface area (Å²) in [5, 5.41) is 3.18. The lowest BCUT2D eigenvalue weighted by Crippen LogP contribution is -2.39. The normalized spacial score (nSPS) is 23.6. The van der Waals surface area contributed by atoms with Crippen molar-refractivity contribution in [2.75, 3.05) is 26.7 Å². The van der Waals surface area contributed by atoms with E-state index < -0.39 is 0 Å². The van der Waals surface area contributed by atoms with E-state index >= 15 is 0 Å². The van der Waals surface area contributed by atoms with Gasteiger partial charge < -0.3 is 15.8 Å². The number of carbonyl (C=O) groups is 1. The highest BCUT2D eigenvalue weighted by Gasteiger charge is 2.30. The molecular weight excluding hydrogens is 373 g/mol. The molecule has 1 aromatic carbocycles. The minimum atomic E-state index is 0. The van der Waals surface area contributed by atoms with Crippen LogP contribution in [0.15, 0.2) is 24.3 Å². The second-order valence-electron chi connectivity index (χ2n) is 7.02. The van der Waals surface area contributed by atoms with Crippen LogP contribution < -0.4 is 15.8 Å². The van der Waals surface area contributed by atoms with Gasteiger partial charge in [-0.05, 0) is 51.3 Å². The number of nitrogens with one attached hydrogen (secondary N) is 1. The smallest absolute Gasteiger partial charge is 0.223 e. The Morgan fingerprint density at radius 3 is 2.58 bits per heavy atom. The standard InChI is InChI=1S/C19H29N3O2.2ClH/c1-24-18-7-3-2-6-16(18)17(22-10-4-5-11-22)13-21-19(23)14-8-9-15(20)12-14;;/h2-3,6-7,14-15,17H,4-5,8-13,20H2,1H3,(H,21,23);2*1H. The largest absolute Gasteiger partial charge is 0.496 e. The Morgan fingerprint density at radius 1 is 1.27 bits per heavy atom. The number of amides is 1. The van der Waals surface area contributed by atoms with E-state index in [4.69, 9.17) is 10.5 Å². The molecule has 2 fully saturated rings. The summed E-state index contributed by atoms with van der Waals surface area (Å²) in [6, 6.07) is 8.49. The van der Waals surface area contributed by atoms with E-state index in [0.717, 1.165) is 43.7 Å². The molecule has 1 saturated carbocycles. The van der Waals surface area contributed by atoms with Crippen LogP contribution in [-0.2, 0) is 4.79 Å². The lowest BCUT2D eigenvalue weighted by molar-refractivity contribution is -0.125. The molecule has 1 aromatic rings. The maximum absolute atomic E-state index is 12.5. The second-order valence-corrected chi connectivity index (χ2v) is 7.02. The fraction of sp³-hybridized carbons (Fsp3) is 0.632. The van der Waals surface area contributed by atoms with Crippen LogP contribution >= 0.6 is 24.8 Å². The molecule has 0 spiro atoms. The Balaban J connectivity index is 0.00000169. The lowest BCUT2D eigenvalue weighted by atomic mass is 10.0. The van der Waals surface area contributed by atoms with Gasteiger partial charge in [-0.1, -0.05) is 18.2 Å². The average molecular weight is 404 g/mol. The number of benzene rings is 1. The lowest BCUT2D eigenvalue weighted by Gasteiger charge is -2.29. The number of ether oxygens (including phenoxy) is 1. The van der Waals surface area contributed by atoms with E-state index in [9.17, 15) is 4.79 Å². The van der Waals surface area contributed by atoms with Crippen molar-refractivity contribution >= 4 is 30.7 Å². The maximum atomic E-state index is 12.5. The second kappa shape index (κ2) is 11.0. The van der Waals surface area contributed by atoms with Crippen molar-refractivity contribution < 1.29 is 9.53 Å². The SMILES string of the molecule is COc1ccccc1C(CNC(=O)C1CCC(N)C1)N1CCCC1.Cl.Cl. The van der Waals surface area contributed by atoms with Crippen LogP contribution in [0.5, 0.6) is 5.75 Å². The van der Waals surface area contributed by atoms with Gasteiger partial charge >= 0.3 is 0 Å². The van der Waals surface area contributed by atoms with Crippen LogP contribution in [0.2, 0.25) is 0 Å². The monoisotopic (exact) mass is 403 g/mol. The number of para-hydroxylation sites is 1. The minimum Gasteiger partial charge on any atom is -0.496 e. The summed E-state index contributed by atoms with van der Waals surface area (Å²) in [4.78, 5) is 14.9. The maximum Gasteiger partial charge on any atom is 0.223 e. The first kappa shape index (κ1) is 23.0. The zero-order valence-corrected chi connectivity index (χ0v) is 17.0. The van der Waals surface area contributed by atoms with Gasteiger partial charge in [-0.3, -0.25) is 9.69 Å². The van der Waals surface area contributed by atoms with Gasteiger partial charge in [0.05, 0.1) is 13.2 Å². The highest BCUT2D eigenvalue weighted by molar-refractivity contribution is 5.85. The average Bonchev–Trinajstić information content (AvgIpc) is 3.27. The molecule has 1 aliphatic heterocycles. The number of nitrogens with two attached hydrogens (primary N) is 1. The molecule has 3 rings (SSSR count). The van der Waals surface area contributed by atoms with Crippen molar-refractivity contribution in [2.45, 2.75) is 44.2 Å². The van der Waals surface area contributed by atoms with Crippen molar-refractivity contribution in [1.29, 1.82) is 0 Å². The highest BCUT2D eigenvalue weighted by atomic mass is 35.5. The topological polar surface area (TPSA) is 67.6 Å². The summed E-state index contributed by atoms with van der Waals surface area (Å²) in [7, 11) is 1.71. The van der Waals surface area contributed by atoms with Crippen LogP contribution in [0.3, 0.4) is 0 Å². The number of methoxy groups -OCH3 is 1. The third kappa shape index (κ3) is 5.49. The molecule has 3 unspecified atom stereocenters. The minimum absolute atomic E-state index is 0. The summed E-state index contributed by atoms with van der Waals surface area (Å²) in [6.07, 6.45) is 5.12. The third-order valence-corrected chi connectivity index (χ3v) is 5.39. The number of nitrogens with zero attached hydrogens (tertiary/aromatic N) is 1. The van der Waals surface area contributed by atoms with Gasteiger partial charge in [0, 0.05) is 24.1 Å². The molecule has 1 aliphatic carbocycles. The summed E-state index contributed by atoms with van der Waals surface area (Å²) in [5.74, 6) is 1.13. The summed E-state index contributed by atoms with van der Waals surface area (Å²) in [6.45, 7) is 2.78. The first-order valence-electron chi connectivity index (χ1n) is 9.09. The molecule has 2 aliphatic rings.